The van der Waals surface area contributed by atoms with E-state index in [0.29, 0.717) is 12.1 Å². The summed E-state index contributed by atoms with van der Waals surface area (Å²) in [6.45, 7) is 1.70. The monoisotopic (exact) mass is 647 g/mol. The number of hydrogen-bond donors (Lipinski definition) is 2. The highest BCUT2D eigenvalue weighted by Gasteiger charge is 2.54. The van der Waals surface area contributed by atoms with E-state index in [2.05, 4.69) is 10.6 Å². The van der Waals surface area contributed by atoms with Gasteiger partial charge >= 0.3 is 18.4 Å². The van der Waals surface area contributed by atoms with Crippen LogP contribution in [0.25, 0.3) is 0 Å². The summed E-state index contributed by atoms with van der Waals surface area (Å²) in [5.74, 6) is -0.669. The van der Waals surface area contributed by atoms with E-state index in [0.717, 1.165) is 11.3 Å². The molecule has 5 rings (SSSR count). The number of carbonyl (C=O) groups is 3. The fourth-order valence-electron chi connectivity index (χ4n) is 5.92. The number of para-hydroxylation sites is 1. The third-order valence-electron chi connectivity index (χ3n) is 8.31. The van der Waals surface area contributed by atoms with Crippen molar-refractivity contribution in [2.24, 2.45) is 0 Å². The van der Waals surface area contributed by atoms with Gasteiger partial charge in [-0.05, 0) is 55.7 Å². The van der Waals surface area contributed by atoms with Gasteiger partial charge in [-0.25, -0.2) is 4.79 Å². The molecule has 1 atom stereocenters. The van der Waals surface area contributed by atoms with Gasteiger partial charge in [-0.2, -0.15) is 26.3 Å². The molecule has 4 amide bonds. The van der Waals surface area contributed by atoms with Gasteiger partial charge in [-0.1, -0.05) is 48.5 Å². The second kappa shape index (κ2) is 12.6. The van der Waals surface area contributed by atoms with Crippen molar-refractivity contribution in [2.45, 2.75) is 43.7 Å². The number of benzene rings is 3. The molecule has 2 aliphatic heterocycles. The predicted molar refractivity (Wildman–Crippen MR) is 158 cm³/mol. The molecule has 1 unspecified atom stereocenters. The van der Waals surface area contributed by atoms with Crippen LogP contribution < -0.4 is 15.5 Å². The zero-order valence-electron chi connectivity index (χ0n) is 24.7. The summed E-state index contributed by atoms with van der Waals surface area (Å²) in [6.07, 6.45) is -9.90. The Morgan fingerprint density at radius 1 is 0.848 bits per heavy atom. The van der Waals surface area contributed by atoms with Crippen molar-refractivity contribution in [2.75, 3.05) is 36.5 Å². The first-order valence-corrected chi connectivity index (χ1v) is 14.5. The maximum atomic E-state index is 14.0. The van der Waals surface area contributed by atoms with Gasteiger partial charge in [-0.3, -0.25) is 9.59 Å². The lowest BCUT2D eigenvalue weighted by atomic mass is 9.85. The smallest absolute Gasteiger partial charge is 0.348 e. The summed E-state index contributed by atoms with van der Waals surface area (Å²) in [4.78, 5) is 44.6. The molecule has 8 nitrogen and oxygen atoms in total. The first-order chi connectivity index (χ1) is 21.7. The first-order valence-electron chi connectivity index (χ1n) is 14.5. The second-order valence-corrected chi connectivity index (χ2v) is 11.4. The third kappa shape index (κ3) is 6.90. The van der Waals surface area contributed by atoms with Crippen molar-refractivity contribution >= 4 is 29.2 Å². The molecular formula is C32H31F6N5O3. The first kappa shape index (κ1) is 32.6. The van der Waals surface area contributed by atoms with Crippen LogP contribution in [0.3, 0.4) is 0 Å². The lowest BCUT2D eigenvalue weighted by Crippen LogP contribution is -2.58. The molecule has 0 radical (unpaired) electrons. The topological polar surface area (TPSA) is 85.0 Å². The third-order valence-corrected chi connectivity index (χ3v) is 8.31. The van der Waals surface area contributed by atoms with E-state index < -0.39 is 40.7 Å². The molecule has 2 fully saturated rings. The Bertz CT molecular complexity index is 1540. The van der Waals surface area contributed by atoms with Crippen molar-refractivity contribution in [1.29, 1.82) is 0 Å². The molecule has 2 saturated heterocycles. The van der Waals surface area contributed by atoms with E-state index in [-0.39, 0.29) is 63.1 Å². The molecule has 1 spiro atoms. The Labute approximate surface area is 261 Å². The summed E-state index contributed by atoms with van der Waals surface area (Å²) in [5, 5.41) is 5.07. The quantitative estimate of drug-likeness (QED) is 0.309. The van der Waals surface area contributed by atoms with Gasteiger partial charge < -0.3 is 25.3 Å². The van der Waals surface area contributed by atoms with E-state index in [1.807, 2.05) is 60.4 Å². The number of amides is 4. The molecule has 0 aliphatic carbocycles. The Morgan fingerprint density at radius 3 is 1.93 bits per heavy atom. The fraction of sp³-hybridized carbons (Fsp3) is 0.344. The largest absolute Gasteiger partial charge is 0.416 e. The number of likely N-dealkylation sites (tertiary alicyclic amines) is 1. The lowest BCUT2D eigenvalue weighted by Gasteiger charge is -2.43. The standard InChI is InChI=1S/C32H31F6N5O3/c1-21(22-8-4-2-5-9-22)39-27(44)19-42-20-43(26-10-6-3-7-11-26)30(28(42)45)12-14-41(15-13-30)29(46)40-25-17-23(31(33,34)35)16-24(18-25)32(36,37)38/h2-11,16-18,21H,12-15,19-20H2,1H3,(H,39,44)(H,40,46). The molecule has 2 heterocycles. The normalized spacial score (nSPS) is 17.3. The van der Waals surface area contributed by atoms with Gasteiger partial charge in [0, 0.05) is 24.5 Å². The van der Waals surface area contributed by atoms with Crippen LogP contribution >= 0.6 is 0 Å². The van der Waals surface area contributed by atoms with Crippen LogP contribution in [-0.2, 0) is 21.9 Å². The highest BCUT2D eigenvalue weighted by molar-refractivity contribution is 5.97. The van der Waals surface area contributed by atoms with Crippen LogP contribution in [0.15, 0.2) is 78.9 Å². The number of nitrogens with zero attached hydrogens (tertiary/aromatic N) is 3. The van der Waals surface area contributed by atoms with E-state index in [1.54, 1.807) is 12.1 Å². The average Bonchev–Trinajstić information content (AvgIpc) is 3.27. The summed E-state index contributed by atoms with van der Waals surface area (Å²) in [6, 6.07) is 18.1. The molecule has 3 aromatic rings. The van der Waals surface area contributed by atoms with Gasteiger partial charge in [0.05, 0.1) is 23.8 Å². The summed E-state index contributed by atoms with van der Waals surface area (Å²) in [5.41, 5.74) is -3.25. The number of urea groups is 1. The van der Waals surface area contributed by atoms with Gasteiger partial charge in [0.15, 0.2) is 0 Å². The molecule has 2 N–H and O–H groups in total. The van der Waals surface area contributed by atoms with Crippen LogP contribution in [0.4, 0.5) is 42.5 Å². The Kier molecular flexibility index (Phi) is 8.91. The predicted octanol–water partition coefficient (Wildman–Crippen LogP) is 6.27. The van der Waals surface area contributed by atoms with Crippen molar-refractivity contribution in [1.82, 2.24) is 15.1 Å². The van der Waals surface area contributed by atoms with Gasteiger partial charge in [0.1, 0.15) is 12.1 Å². The van der Waals surface area contributed by atoms with Gasteiger partial charge in [0.2, 0.25) is 5.91 Å². The summed E-state index contributed by atoms with van der Waals surface area (Å²) >= 11 is 0. The molecule has 0 bridgehead atoms. The highest BCUT2D eigenvalue weighted by Crippen LogP contribution is 2.40. The molecule has 2 aliphatic rings. The minimum atomic E-state index is -5.07. The fourth-order valence-corrected chi connectivity index (χ4v) is 5.92. The van der Waals surface area contributed by atoms with Crippen LogP contribution in [-0.4, -0.2) is 59.5 Å². The van der Waals surface area contributed by atoms with Crippen molar-refractivity contribution < 1.29 is 40.7 Å². The maximum absolute atomic E-state index is 14.0. The van der Waals surface area contributed by atoms with Crippen LogP contribution in [0.2, 0.25) is 0 Å². The molecule has 46 heavy (non-hydrogen) atoms. The van der Waals surface area contributed by atoms with Crippen LogP contribution in [0, 0.1) is 0 Å². The molecule has 3 aromatic carbocycles. The lowest BCUT2D eigenvalue weighted by molar-refractivity contribution is -0.143. The average molecular weight is 648 g/mol. The van der Waals surface area contributed by atoms with Crippen molar-refractivity contribution in [3.05, 3.63) is 95.6 Å². The number of anilines is 2. The number of nitrogens with one attached hydrogen (secondary N) is 2. The zero-order chi connectivity index (χ0) is 33.3. The number of piperidine rings is 1. The van der Waals surface area contributed by atoms with Crippen LogP contribution in [0.5, 0.6) is 0 Å². The Morgan fingerprint density at radius 2 is 1.39 bits per heavy atom. The number of hydrogen-bond acceptors (Lipinski definition) is 4. The van der Waals surface area contributed by atoms with Gasteiger partial charge in [0.25, 0.3) is 5.91 Å². The number of rotatable bonds is 6. The van der Waals surface area contributed by atoms with Crippen LogP contribution in [0.1, 0.15) is 42.5 Å². The maximum Gasteiger partial charge on any atom is 0.416 e. The van der Waals surface area contributed by atoms with Crippen molar-refractivity contribution in [3.63, 3.8) is 0 Å². The Hall–Kier alpha value is -4.75. The Balaban J connectivity index is 1.31. The molecule has 244 valence electrons. The van der Waals surface area contributed by atoms with E-state index in [1.165, 1.54) is 9.80 Å². The minimum absolute atomic E-state index is 0.0154. The molecule has 0 saturated carbocycles. The summed E-state index contributed by atoms with van der Waals surface area (Å²) < 4.78 is 79.8. The molecule has 14 heteroatoms. The molecular weight excluding hydrogens is 616 g/mol. The van der Waals surface area contributed by atoms with E-state index >= 15 is 0 Å². The minimum Gasteiger partial charge on any atom is -0.348 e. The number of halogens is 6. The van der Waals surface area contributed by atoms with E-state index in [4.69, 9.17) is 0 Å². The molecule has 0 aromatic heterocycles. The summed E-state index contributed by atoms with van der Waals surface area (Å²) in [7, 11) is 0. The highest BCUT2D eigenvalue weighted by atomic mass is 19.4. The van der Waals surface area contributed by atoms with Gasteiger partial charge in [-0.15, -0.1) is 0 Å². The zero-order valence-corrected chi connectivity index (χ0v) is 24.7. The number of alkyl halides is 6. The number of carbonyl (C=O) groups excluding carboxylic acids is 3. The second-order valence-electron chi connectivity index (χ2n) is 11.4. The SMILES string of the molecule is CC(NC(=O)CN1CN(c2ccccc2)C2(CCN(C(=O)Nc3cc(C(F)(F)F)cc(C(F)(F)F)c3)CC2)C1=O)c1ccccc1. The van der Waals surface area contributed by atoms with E-state index in [9.17, 15) is 40.7 Å². The van der Waals surface area contributed by atoms with Crippen molar-refractivity contribution in [3.8, 4) is 0 Å².